The average Bonchev–Trinajstić information content (AvgIpc) is 2.45. The second-order valence-electron chi connectivity index (χ2n) is 2.90. The van der Waals surface area contributed by atoms with Crippen molar-refractivity contribution in [1.29, 1.82) is 0 Å². The van der Waals surface area contributed by atoms with Gasteiger partial charge in [0.1, 0.15) is 0 Å². The third-order valence-corrected chi connectivity index (χ3v) is 4.33. The minimum atomic E-state index is 0.710. The van der Waals surface area contributed by atoms with Crippen LogP contribution in [0.25, 0.3) is 0 Å². The predicted octanol–water partition coefficient (Wildman–Crippen LogP) is 3.45. The molecule has 2 nitrogen and oxygen atoms in total. The molecule has 0 bridgehead atoms. The molecule has 1 aromatic heterocycles. The van der Waals surface area contributed by atoms with Crippen LogP contribution in [0.2, 0.25) is 0 Å². The second-order valence-corrected chi connectivity index (χ2v) is 5.18. The SMILES string of the molecule is CCn1nc(C)c(Br)c1CSCCCl. The molecule has 0 spiro atoms. The fourth-order valence-corrected chi connectivity index (χ4v) is 2.91. The summed E-state index contributed by atoms with van der Waals surface area (Å²) in [7, 11) is 0. The van der Waals surface area contributed by atoms with Gasteiger partial charge in [-0.2, -0.15) is 16.9 Å². The van der Waals surface area contributed by atoms with Crippen LogP contribution in [-0.2, 0) is 12.3 Å². The van der Waals surface area contributed by atoms with E-state index in [0.29, 0.717) is 5.88 Å². The van der Waals surface area contributed by atoms with Gasteiger partial charge in [0.25, 0.3) is 0 Å². The Morgan fingerprint density at radius 2 is 2.29 bits per heavy atom. The molecule has 14 heavy (non-hydrogen) atoms. The van der Waals surface area contributed by atoms with E-state index in [0.717, 1.165) is 28.2 Å². The van der Waals surface area contributed by atoms with Crippen molar-refractivity contribution in [3.8, 4) is 0 Å². The normalized spacial score (nSPS) is 10.9. The van der Waals surface area contributed by atoms with E-state index in [-0.39, 0.29) is 0 Å². The fourth-order valence-electron chi connectivity index (χ4n) is 1.23. The van der Waals surface area contributed by atoms with Gasteiger partial charge in [0.2, 0.25) is 0 Å². The molecule has 5 heteroatoms. The quantitative estimate of drug-likeness (QED) is 0.612. The molecule has 80 valence electrons. The van der Waals surface area contributed by atoms with E-state index in [9.17, 15) is 0 Å². The van der Waals surface area contributed by atoms with Gasteiger partial charge in [0.05, 0.1) is 15.9 Å². The highest BCUT2D eigenvalue weighted by Gasteiger charge is 2.11. The smallest absolute Gasteiger partial charge is 0.0739 e. The van der Waals surface area contributed by atoms with Crippen molar-refractivity contribution < 1.29 is 0 Å². The number of rotatable bonds is 5. The number of aromatic nitrogens is 2. The highest BCUT2D eigenvalue weighted by atomic mass is 79.9. The van der Waals surface area contributed by atoms with Gasteiger partial charge in [-0.3, -0.25) is 4.68 Å². The molecule has 0 saturated heterocycles. The van der Waals surface area contributed by atoms with Crippen LogP contribution < -0.4 is 0 Å². The number of hydrogen-bond donors (Lipinski definition) is 0. The summed E-state index contributed by atoms with van der Waals surface area (Å²) in [6, 6.07) is 0. The number of halogens is 2. The number of alkyl halides is 1. The van der Waals surface area contributed by atoms with Crippen molar-refractivity contribution in [2.24, 2.45) is 0 Å². The van der Waals surface area contributed by atoms with Crippen molar-refractivity contribution in [3.63, 3.8) is 0 Å². The Labute approximate surface area is 103 Å². The summed E-state index contributed by atoms with van der Waals surface area (Å²) in [5.74, 6) is 2.67. The van der Waals surface area contributed by atoms with E-state index in [1.54, 1.807) is 0 Å². The zero-order valence-electron chi connectivity index (χ0n) is 8.39. The molecule has 1 rings (SSSR count). The van der Waals surface area contributed by atoms with Gasteiger partial charge in [-0.05, 0) is 29.8 Å². The summed E-state index contributed by atoms with van der Waals surface area (Å²) >= 11 is 11.0. The largest absolute Gasteiger partial charge is 0.268 e. The molecule has 0 atom stereocenters. The first-order chi connectivity index (χ1) is 6.70. The standard InChI is InChI=1S/C9H14BrClN2S/c1-3-13-8(6-14-5-4-11)9(10)7(2)12-13/h3-6H2,1-2H3. The maximum absolute atomic E-state index is 5.63. The van der Waals surface area contributed by atoms with Crippen molar-refractivity contribution in [1.82, 2.24) is 9.78 Å². The van der Waals surface area contributed by atoms with Crippen molar-refractivity contribution >= 4 is 39.3 Å². The van der Waals surface area contributed by atoms with E-state index in [1.165, 1.54) is 5.69 Å². The van der Waals surface area contributed by atoms with Crippen LogP contribution in [0.15, 0.2) is 4.47 Å². The van der Waals surface area contributed by atoms with Gasteiger partial charge < -0.3 is 0 Å². The number of nitrogens with zero attached hydrogens (tertiary/aromatic N) is 2. The van der Waals surface area contributed by atoms with Crippen LogP contribution in [0.3, 0.4) is 0 Å². The van der Waals surface area contributed by atoms with E-state index in [2.05, 4.69) is 28.0 Å². The Kier molecular flexibility index (Phi) is 5.34. The summed E-state index contributed by atoms with van der Waals surface area (Å²) in [6.45, 7) is 5.05. The Morgan fingerprint density at radius 1 is 1.57 bits per heavy atom. The third kappa shape index (κ3) is 2.91. The molecule has 0 aliphatic carbocycles. The number of hydrogen-bond acceptors (Lipinski definition) is 2. The Bertz CT molecular complexity index is 301. The first-order valence-electron chi connectivity index (χ1n) is 4.56. The summed E-state index contributed by atoms with van der Waals surface area (Å²) in [6.07, 6.45) is 0. The zero-order valence-corrected chi connectivity index (χ0v) is 11.5. The lowest BCUT2D eigenvalue weighted by molar-refractivity contribution is 0.631. The highest BCUT2D eigenvalue weighted by molar-refractivity contribution is 9.10. The van der Waals surface area contributed by atoms with Crippen molar-refractivity contribution in [2.45, 2.75) is 26.1 Å². The maximum atomic E-state index is 5.63. The fraction of sp³-hybridized carbons (Fsp3) is 0.667. The molecular weight excluding hydrogens is 284 g/mol. The van der Waals surface area contributed by atoms with Gasteiger partial charge >= 0.3 is 0 Å². The average molecular weight is 298 g/mol. The van der Waals surface area contributed by atoms with Crippen LogP contribution in [0.5, 0.6) is 0 Å². The van der Waals surface area contributed by atoms with Crippen molar-refractivity contribution in [3.05, 3.63) is 15.9 Å². The molecule has 0 unspecified atom stereocenters. The minimum Gasteiger partial charge on any atom is -0.268 e. The van der Waals surface area contributed by atoms with E-state index in [1.807, 2.05) is 23.4 Å². The third-order valence-electron chi connectivity index (χ3n) is 1.91. The maximum Gasteiger partial charge on any atom is 0.0739 e. The molecular formula is C9H14BrClN2S. The van der Waals surface area contributed by atoms with Crippen LogP contribution in [-0.4, -0.2) is 21.4 Å². The zero-order chi connectivity index (χ0) is 10.6. The molecule has 0 radical (unpaired) electrons. The predicted molar refractivity (Wildman–Crippen MR) is 67.2 cm³/mol. The summed E-state index contributed by atoms with van der Waals surface area (Å²) in [5.41, 5.74) is 2.33. The van der Waals surface area contributed by atoms with Gasteiger partial charge in [0, 0.05) is 23.9 Å². The first kappa shape index (κ1) is 12.4. The van der Waals surface area contributed by atoms with Crippen molar-refractivity contribution in [2.75, 3.05) is 11.6 Å². The molecule has 1 heterocycles. The van der Waals surface area contributed by atoms with Crippen LogP contribution in [0.1, 0.15) is 18.3 Å². The minimum absolute atomic E-state index is 0.710. The lowest BCUT2D eigenvalue weighted by atomic mass is 10.4. The number of thioether (sulfide) groups is 1. The van der Waals surface area contributed by atoms with Crippen LogP contribution in [0, 0.1) is 6.92 Å². The van der Waals surface area contributed by atoms with E-state index in [4.69, 9.17) is 11.6 Å². The molecule has 1 aromatic rings. The van der Waals surface area contributed by atoms with Crippen LogP contribution in [0.4, 0.5) is 0 Å². The van der Waals surface area contributed by atoms with Gasteiger partial charge in [-0.25, -0.2) is 0 Å². The molecule has 0 aliphatic rings. The number of aryl methyl sites for hydroxylation is 2. The van der Waals surface area contributed by atoms with Gasteiger partial charge in [-0.15, -0.1) is 11.6 Å². The molecule has 0 saturated carbocycles. The molecule has 0 amide bonds. The summed E-state index contributed by atoms with van der Waals surface area (Å²) in [4.78, 5) is 0. The monoisotopic (exact) mass is 296 g/mol. The van der Waals surface area contributed by atoms with Crippen LogP contribution >= 0.6 is 39.3 Å². The molecule has 0 aromatic carbocycles. The molecule has 0 aliphatic heterocycles. The van der Waals surface area contributed by atoms with Gasteiger partial charge in [-0.1, -0.05) is 0 Å². The Hall–Kier alpha value is 0.330. The Balaban J connectivity index is 2.72. The lowest BCUT2D eigenvalue weighted by Crippen LogP contribution is -2.02. The molecule has 0 fully saturated rings. The highest BCUT2D eigenvalue weighted by Crippen LogP contribution is 2.24. The summed E-state index contributed by atoms with van der Waals surface area (Å²) < 4.78 is 3.18. The Morgan fingerprint density at radius 3 is 2.86 bits per heavy atom. The first-order valence-corrected chi connectivity index (χ1v) is 7.04. The summed E-state index contributed by atoms with van der Waals surface area (Å²) in [5, 5.41) is 4.43. The van der Waals surface area contributed by atoms with E-state index < -0.39 is 0 Å². The second kappa shape index (κ2) is 6.03. The molecule has 0 N–H and O–H groups in total. The van der Waals surface area contributed by atoms with Gasteiger partial charge in [0.15, 0.2) is 0 Å². The van der Waals surface area contributed by atoms with E-state index >= 15 is 0 Å². The lowest BCUT2D eigenvalue weighted by Gasteiger charge is -2.04. The topological polar surface area (TPSA) is 17.8 Å².